The number of rotatable bonds is 5. The molecule has 0 radical (unpaired) electrons. The van der Waals surface area contributed by atoms with Gasteiger partial charge in [0.15, 0.2) is 0 Å². The summed E-state index contributed by atoms with van der Waals surface area (Å²) in [4.78, 5) is 4.29. The number of nitrogens with one attached hydrogen (secondary N) is 1. The maximum Gasteiger partial charge on any atom is 0.0937 e. The second kappa shape index (κ2) is 5.55. The number of hydrogen-bond acceptors (Lipinski definition) is 3. The third-order valence-electron chi connectivity index (χ3n) is 3.29. The average molecular weight is 271 g/mol. The van der Waals surface area contributed by atoms with E-state index >= 15 is 0 Å². The number of aromatic nitrogens is 2. The van der Waals surface area contributed by atoms with Crippen molar-refractivity contribution in [2.45, 2.75) is 13.0 Å². The summed E-state index contributed by atoms with van der Waals surface area (Å²) in [5, 5.41) is 8.07. The van der Waals surface area contributed by atoms with Crippen molar-refractivity contribution >= 4 is 22.2 Å². The molecule has 2 heterocycles. The van der Waals surface area contributed by atoms with Crippen molar-refractivity contribution < 1.29 is 0 Å². The smallest absolute Gasteiger partial charge is 0.0937 e. The zero-order valence-electron chi connectivity index (χ0n) is 11.0. The van der Waals surface area contributed by atoms with E-state index in [1.807, 2.05) is 11.6 Å². The molecule has 2 aromatic heterocycles. The van der Waals surface area contributed by atoms with Gasteiger partial charge in [-0.15, -0.1) is 11.3 Å². The van der Waals surface area contributed by atoms with Crippen LogP contribution in [0.4, 0.5) is 0 Å². The Bertz CT molecular complexity index is 655. The van der Waals surface area contributed by atoms with Gasteiger partial charge in [-0.2, -0.15) is 0 Å². The fourth-order valence-corrected chi connectivity index (χ4v) is 2.98. The van der Waals surface area contributed by atoms with Gasteiger partial charge >= 0.3 is 0 Å². The molecule has 0 bridgehead atoms. The first-order valence-corrected chi connectivity index (χ1v) is 7.34. The zero-order valence-corrected chi connectivity index (χ0v) is 11.8. The highest BCUT2D eigenvalue weighted by Gasteiger charge is 2.05. The van der Waals surface area contributed by atoms with E-state index in [1.54, 1.807) is 11.3 Å². The highest BCUT2D eigenvalue weighted by Crippen LogP contribution is 2.19. The van der Waals surface area contributed by atoms with E-state index < -0.39 is 0 Å². The molecule has 0 amide bonds. The molecular formula is C15H17N3S. The predicted molar refractivity (Wildman–Crippen MR) is 80.4 cm³/mol. The Morgan fingerprint density at radius 3 is 3.05 bits per heavy atom. The molecule has 0 atom stereocenters. The minimum Gasteiger partial charge on any atom is -0.350 e. The van der Waals surface area contributed by atoms with Gasteiger partial charge in [-0.1, -0.05) is 18.2 Å². The van der Waals surface area contributed by atoms with Gasteiger partial charge in [-0.05, 0) is 11.6 Å². The second-order valence-corrected chi connectivity index (χ2v) is 5.61. The van der Waals surface area contributed by atoms with Crippen molar-refractivity contribution in [1.82, 2.24) is 14.9 Å². The number of para-hydroxylation sites is 1. The van der Waals surface area contributed by atoms with E-state index in [0.29, 0.717) is 0 Å². The number of thiazole rings is 1. The van der Waals surface area contributed by atoms with Crippen molar-refractivity contribution in [2.75, 3.05) is 6.54 Å². The lowest BCUT2D eigenvalue weighted by atomic mass is 10.2. The van der Waals surface area contributed by atoms with Crippen molar-refractivity contribution in [3.63, 3.8) is 0 Å². The van der Waals surface area contributed by atoms with Crippen LogP contribution in [-0.2, 0) is 20.0 Å². The van der Waals surface area contributed by atoms with Gasteiger partial charge in [-0.25, -0.2) is 4.98 Å². The van der Waals surface area contributed by atoms with Gasteiger partial charge in [0.05, 0.1) is 5.01 Å². The van der Waals surface area contributed by atoms with E-state index in [2.05, 4.69) is 52.4 Å². The molecule has 0 saturated carbocycles. The topological polar surface area (TPSA) is 29.9 Å². The van der Waals surface area contributed by atoms with Crippen LogP contribution in [0.2, 0.25) is 0 Å². The molecule has 0 aliphatic heterocycles. The van der Waals surface area contributed by atoms with Gasteiger partial charge in [0.1, 0.15) is 0 Å². The number of fused-ring (bicyclic) bond motifs is 1. The SMILES string of the molecule is Cn1cc(CNCCc2nccs2)c2ccccc21. The fraction of sp³-hybridized carbons (Fsp3) is 0.267. The Hall–Kier alpha value is -1.65. The van der Waals surface area contributed by atoms with Crippen LogP contribution in [0.1, 0.15) is 10.6 Å². The summed E-state index contributed by atoms with van der Waals surface area (Å²) in [5.41, 5.74) is 2.65. The highest BCUT2D eigenvalue weighted by molar-refractivity contribution is 7.09. The first-order chi connectivity index (χ1) is 9.34. The van der Waals surface area contributed by atoms with Crippen LogP contribution in [0.3, 0.4) is 0 Å². The van der Waals surface area contributed by atoms with Crippen LogP contribution < -0.4 is 5.32 Å². The monoisotopic (exact) mass is 271 g/mol. The maximum absolute atomic E-state index is 4.29. The molecule has 3 nitrogen and oxygen atoms in total. The van der Waals surface area contributed by atoms with Crippen LogP contribution in [0.5, 0.6) is 0 Å². The first-order valence-electron chi connectivity index (χ1n) is 6.46. The summed E-state index contributed by atoms with van der Waals surface area (Å²) in [6.45, 7) is 1.88. The fourth-order valence-electron chi connectivity index (χ4n) is 2.36. The summed E-state index contributed by atoms with van der Waals surface area (Å²) in [7, 11) is 2.10. The highest BCUT2D eigenvalue weighted by atomic mass is 32.1. The molecule has 98 valence electrons. The molecule has 0 spiro atoms. The lowest BCUT2D eigenvalue weighted by molar-refractivity contribution is 0.686. The van der Waals surface area contributed by atoms with E-state index in [1.165, 1.54) is 21.5 Å². The zero-order chi connectivity index (χ0) is 13.1. The molecule has 1 N–H and O–H groups in total. The molecule has 4 heteroatoms. The van der Waals surface area contributed by atoms with E-state index in [4.69, 9.17) is 0 Å². The normalized spacial score (nSPS) is 11.2. The maximum atomic E-state index is 4.29. The number of hydrogen-bond donors (Lipinski definition) is 1. The Morgan fingerprint density at radius 2 is 2.21 bits per heavy atom. The van der Waals surface area contributed by atoms with Crippen LogP contribution >= 0.6 is 11.3 Å². The first kappa shape index (κ1) is 12.4. The minimum absolute atomic E-state index is 0.909. The Balaban J connectivity index is 1.62. The third kappa shape index (κ3) is 2.69. The van der Waals surface area contributed by atoms with Gasteiger partial charge in [-0.3, -0.25) is 0 Å². The largest absolute Gasteiger partial charge is 0.350 e. The van der Waals surface area contributed by atoms with Gasteiger partial charge in [0, 0.05) is 55.2 Å². The summed E-state index contributed by atoms with van der Waals surface area (Å²) in [6.07, 6.45) is 5.08. The van der Waals surface area contributed by atoms with Crippen molar-refractivity contribution in [3.8, 4) is 0 Å². The molecule has 0 fully saturated rings. The lowest BCUT2D eigenvalue weighted by Gasteiger charge is -2.02. The Labute approximate surface area is 116 Å². The molecule has 1 aromatic carbocycles. The third-order valence-corrected chi connectivity index (χ3v) is 4.13. The molecule has 3 rings (SSSR count). The summed E-state index contributed by atoms with van der Waals surface area (Å²) in [6, 6.07) is 8.53. The average Bonchev–Trinajstić information content (AvgIpc) is 3.04. The Morgan fingerprint density at radius 1 is 1.32 bits per heavy atom. The molecule has 19 heavy (non-hydrogen) atoms. The van der Waals surface area contributed by atoms with Crippen LogP contribution in [0.25, 0.3) is 10.9 Å². The molecule has 0 unspecified atom stereocenters. The molecule has 3 aromatic rings. The van der Waals surface area contributed by atoms with Gasteiger partial charge in [0.25, 0.3) is 0 Å². The van der Waals surface area contributed by atoms with Gasteiger partial charge in [0.2, 0.25) is 0 Å². The minimum atomic E-state index is 0.909. The number of benzene rings is 1. The molecule has 0 aliphatic rings. The molecule has 0 saturated heterocycles. The number of aryl methyl sites for hydroxylation is 1. The Kier molecular flexibility index (Phi) is 3.62. The number of nitrogens with zero attached hydrogens (tertiary/aromatic N) is 2. The van der Waals surface area contributed by atoms with Crippen molar-refractivity contribution in [2.24, 2.45) is 7.05 Å². The summed E-state index contributed by atoms with van der Waals surface area (Å²) < 4.78 is 2.19. The standard InChI is InChI=1S/C15H17N3S/c1-18-11-12(13-4-2-3-5-14(13)18)10-16-7-6-15-17-8-9-19-15/h2-5,8-9,11,16H,6-7,10H2,1H3. The van der Waals surface area contributed by atoms with E-state index in [-0.39, 0.29) is 0 Å². The summed E-state index contributed by atoms with van der Waals surface area (Å²) >= 11 is 1.72. The molecular weight excluding hydrogens is 254 g/mol. The van der Waals surface area contributed by atoms with Crippen LogP contribution in [0.15, 0.2) is 42.0 Å². The second-order valence-electron chi connectivity index (χ2n) is 4.64. The van der Waals surface area contributed by atoms with Gasteiger partial charge < -0.3 is 9.88 Å². The van der Waals surface area contributed by atoms with E-state index in [0.717, 1.165) is 19.5 Å². The lowest BCUT2D eigenvalue weighted by Crippen LogP contribution is -2.16. The predicted octanol–water partition coefficient (Wildman–Crippen LogP) is 2.97. The van der Waals surface area contributed by atoms with E-state index in [9.17, 15) is 0 Å². The van der Waals surface area contributed by atoms with Crippen molar-refractivity contribution in [3.05, 3.63) is 52.6 Å². The quantitative estimate of drug-likeness (QED) is 0.723. The van der Waals surface area contributed by atoms with Crippen LogP contribution in [-0.4, -0.2) is 16.1 Å². The van der Waals surface area contributed by atoms with Crippen LogP contribution in [0, 0.1) is 0 Å². The van der Waals surface area contributed by atoms with Crippen molar-refractivity contribution in [1.29, 1.82) is 0 Å². The molecule has 0 aliphatic carbocycles. The summed E-state index contributed by atoms with van der Waals surface area (Å²) in [5.74, 6) is 0.